The zero-order valence-corrected chi connectivity index (χ0v) is 11.8. The maximum atomic E-state index is 11.7. The van der Waals surface area contributed by atoms with Gasteiger partial charge in [0.1, 0.15) is 17.2 Å². The topological polar surface area (TPSA) is 64.1 Å². The van der Waals surface area contributed by atoms with E-state index in [2.05, 4.69) is 22.2 Å². The van der Waals surface area contributed by atoms with E-state index in [1.807, 2.05) is 6.92 Å². The van der Waals surface area contributed by atoms with Crippen LogP contribution in [0.1, 0.15) is 48.8 Å². The lowest BCUT2D eigenvalue weighted by atomic mass is 10.0. The van der Waals surface area contributed by atoms with Crippen LogP contribution in [-0.4, -0.2) is 29.6 Å². The van der Waals surface area contributed by atoms with Crippen LogP contribution in [0.2, 0.25) is 0 Å². The molecule has 0 radical (unpaired) electrons. The first-order valence-electron chi connectivity index (χ1n) is 6.76. The number of anilines is 1. The normalized spacial score (nSPS) is 15.9. The molecule has 0 atom stereocenters. The third-order valence-corrected chi connectivity index (χ3v) is 3.68. The average molecular weight is 263 g/mol. The number of aryl methyl sites for hydroxylation is 1. The van der Waals surface area contributed by atoms with Crippen LogP contribution in [0.5, 0.6) is 0 Å². The van der Waals surface area contributed by atoms with Crippen molar-refractivity contribution in [2.45, 2.75) is 39.5 Å². The summed E-state index contributed by atoms with van der Waals surface area (Å²) < 4.78 is 4.75. The first-order valence-corrected chi connectivity index (χ1v) is 6.76. The standard InChI is InChI=1S/C14H21N3O2/c1-4-5-14(6-7-14)9-16-12-11(13(18)19-3)8-15-10(2)17-12/h8H,4-7,9H2,1-3H3,(H,15,16,17). The van der Waals surface area contributed by atoms with Crippen molar-refractivity contribution in [2.24, 2.45) is 5.41 Å². The lowest BCUT2D eigenvalue weighted by molar-refractivity contribution is 0.0601. The molecule has 0 aliphatic heterocycles. The van der Waals surface area contributed by atoms with E-state index in [-0.39, 0.29) is 0 Å². The summed E-state index contributed by atoms with van der Waals surface area (Å²) in [5.41, 5.74) is 0.807. The number of rotatable bonds is 6. The summed E-state index contributed by atoms with van der Waals surface area (Å²) in [6, 6.07) is 0. The smallest absolute Gasteiger partial charge is 0.343 e. The van der Waals surface area contributed by atoms with E-state index in [1.54, 1.807) is 0 Å². The Hall–Kier alpha value is -1.65. The summed E-state index contributed by atoms with van der Waals surface area (Å²) in [6.07, 6.45) is 6.44. The Balaban J connectivity index is 2.10. The highest BCUT2D eigenvalue weighted by molar-refractivity contribution is 5.94. The Morgan fingerprint density at radius 3 is 2.84 bits per heavy atom. The Bertz CT molecular complexity index is 470. The van der Waals surface area contributed by atoms with Crippen molar-refractivity contribution in [3.63, 3.8) is 0 Å². The van der Waals surface area contributed by atoms with E-state index in [1.165, 1.54) is 39.0 Å². The van der Waals surface area contributed by atoms with E-state index in [9.17, 15) is 4.79 Å². The minimum absolute atomic E-state index is 0.400. The number of methoxy groups -OCH3 is 1. The van der Waals surface area contributed by atoms with Crippen molar-refractivity contribution < 1.29 is 9.53 Å². The largest absolute Gasteiger partial charge is 0.465 e. The molecule has 0 unspecified atom stereocenters. The lowest BCUT2D eigenvalue weighted by Gasteiger charge is -2.16. The van der Waals surface area contributed by atoms with Crippen molar-refractivity contribution in [1.82, 2.24) is 9.97 Å². The van der Waals surface area contributed by atoms with E-state index in [4.69, 9.17) is 4.74 Å². The minimum Gasteiger partial charge on any atom is -0.465 e. The maximum absolute atomic E-state index is 11.7. The van der Waals surface area contributed by atoms with Crippen molar-refractivity contribution in [1.29, 1.82) is 0 Å². The molecule has 2 rings (SSSR count). The van der Waals surface area contributed by atoms with Crippen molar-refractivity contribution in [2.75, 3.05) is 19.0 Å². The molecule has 0 spiro atoms. The molecule has 1 aliphatic carbocycles. The molecule has 104 valence electrons. The summed E-state index contributed by atoms with van der Waals surface area (Å²) in [4.78, 5) is 20.0. The number of ether oxygens (including phenoxy) is 1. The fourth-order valence-electron chi connectivity index (χ4n) is 2.36. The van der Waals surface area contributed by atoms with Crippen LogP contribution in [-0.2, 0) is 4.74 Å². The summed E-state index contributed by atoms with van der Waals surface area (Å²) in [5.74, 6) is 0.833. The second kappa shape index (κ2) is 5.55. The molecule has 5 heteroatoms. The molecule has 0 saturated heterocycles. The van der Waals surface area contributed by atoms with Crippen LogP contribution in [0.4, 0.5) is 5.82 Å². The van der Waals surface area contributed by atoms with Gasteiger partial charge in [-0.05, 0) is 31.6 Å². The van der Waals surface area contributed by atoms with Crippen molar-refractivity contribution in [3.8, 4) is 0 Å². The highest BCUT2D eigenvalue weighted by Crippen LogP contribution is 2.49. The molecule has 1 fully saturated rings. The van der Waals surface area contributed by atoms with Gasteiger partial charge in [-0.2, -0.15) is 0 Å². The van der Waals surface area contributed by atoms with E-state index >= 15 is 0 Å². The van der Waals surface area contributed by atoms with Gasteiger partial charge in [-0.15, -0.1) is 0 Å². The van der Waals surface area contributed by atoms with Gasteiger partial charge in [0.15, 0.2) is 0 Å². The Labute approximate surface area is 113 Å². The molecule has 1 saturated carbocycles. The van der Waals surface area contributed by atoms with Crippen LogP contribution in [0, 0.1) is 12.3 Å². The molecule has 0 amide bonds. The monoisotopic (exact) mass is 263 g/mol. The maximum Gasteiger partial charge on any atom is 0.343 e. The molecule has 5 nitrogen and oxygen atoms in total. The first-order chi connectivity index (χ1) is 9.10. The van der Waals surface area contributed by atoms with Gasteiger partial charge >= 0.3 is 5.97 Å². The molecular weight excluding hydrogens is 242 g/mol. The van der Waals surface area contributed by atoms with E-state index < -0.39 is 5.97 Å². The molecule has 0 aromatic carbocycles. The number of esters is 1. The molecule has 1 heterocycles. The summed E-state index contributed by atoms with van der Waals surface area (Å²) in [7, 11) is 1.37. The Morgan fingerprint density at radius 1 is 1.53 bits per heavy atom. The highest BCUT2D eigenvalue weighted by atomic mass is 16.5. The Kier molecular flexibility index (Phi) is 4.02. The van der Waals surface area contributed by atoms with Gasteiger partial charge in [-0.25, -0.2) is 14.8 Å². The summed E-state index contributed by atoms with van der Waals surface area (Å²) >= 11 is 0. The molecule has 1 N–H and O–H groups in total. The summed E-state index contributed by atoms with van der Waals surface area (Å²) in [6.45, 7) is 4.88. The molecule has 1 aliphatic rings. The van der Waals surface area contributed by atoms with Gasteiger partial charge in [0, 0.05) is 12.7 Å². The van der Waals surface area contributed by atoms with Crippen LogP contribution < -0.4 is 5.32 Å². The number of carbonyl (C=O) groups is 1. The Morgan fingerprint density at radius 2 is 2.26 bits per heavy atom. The number of carbonyl (C=O) groups excluding carboxylic acids is 1. The van der Waals surface area contributed by atoms with Gasteiger partial charge < -0.3 is 10.1 Å². The van der Waals surface area contributed by atoms with Crippen LogP contribution in [0.15, 0.2) is 6.20 Å². The van der Waals surface area contributed by atoms with Gasteiger partial charge in [0.2, 0.25) is 0 Å². The molecule has 1 aromatic heterocycles. The third-order valence-electron chi connectivity index (χ3n) is 3.68. The summed E-state index contributed by atoms with van der Waals surface area (Å²) in [5, 5.41) is 3.30. The van der Waals surface area contributed by atoms with Gasteiger partial charge in [0.05, 0.1) is 7.11 Å². The van der Waals surface area contributed by atoms with E-state index in [0.717, 1.165) is 6.54 Å². The molecule has 0 bridgehead atoms. The quantitative estimate of drug-likeness (QED) is 0.799. The fraction of sp³-hybridized carbons (Fsp3) is 0.643. The minimum atomic E-state index is -0.400. The van der Waals surface area contributed by atoms with Gasteiger partial charge in [-0.3, -0.25) is 0 Å². The molecule has 1 aromatic rings. The van der Waals surface area contributed by atoms with Crippen LogP contribution >= 0.6 is 0 Å². The van der Waals surface area contributed by atoms with Crippen LogP contribution in [0.3, 0.4) is 0 Å². The van der Waals surface area contributed by atoms with E-state index in [0.29, 0.717) is 22.6 Å². The highest BCUT2D eigenvalue weighted by Gasteiger charge is 2.41. The second-order valence-corrected chi connectivity index (χ2v) is 5.27. The number of hydrogen-bond acceptors (Lipinski definition) is 5. The van der Waals surface area contributed by atoms with Crippen molar-refractivity contribution >= 4 is 11.8 Å². The molecular formula is C14H21N3O2. The van der Waals surface area contributed by atoms with Crippen LogP contribution in [0.25, 0.3) is 0 Å². The number of nitrogens with zero attached hydrogens (tertiary/aromatic N) is 2. The van der Waals surface area contributed by atoms with Gasteiger partial charge in [-0.1, -0.05) is 13.3 Å². The number of aromatic nitrogens is 2. The third kappa shape index (κ3) is 3.22. The SMILES string of the molecule is CCCC1(CNc2nc(C)ncc2C(=O)OC)CC1. The number of hydrogen-bond donors (Lipinski definition) is 1. The lowest BCUT2D eigenvalue weighted by Crippen LogP contribution is -2.19. The zero-order chi connectivity index (χ0) is 13.9. The average Bonchev–Trinajstić information content (AvgIpc) is 3.16. The van der Waals surface area contributed by atoms with Crippen molar-refractivity contribution in [3.05, 3.63) is 17.6 Å². The second-order valence-electron chi connectivity index (χ2n) is 5.27. The number of nitrogens with one attached hydrogen (secondary N) is 1. The fourth-order valence-corrected chi connectivity index (χ4v) is 2.36. The molecule has 19 heavy (non-hydrogen) atoms. The van der Waals surface area contributed by atoms with Gasteiger partial charge in [0.25, 0.3) is 0 Å². The zero-order valence-electron chi connectivity index (χ0n) is 11.8. The first kappa shape index (κ1) is 13.8. The predicted molar refractivity (Wildman–Crippen MR) is 73.2 cm³/mol. The predicted octanol–water partition coefficient (Wildman–Crippen LogP) is 2.56.